The summed E-state index contributed by atoms with van der Waals surface area (Å²) in [5.41, 5.74) is 1.54. The van der Waals surface area contributed by atoms with Gasteiger partial charge in [-0.15, -0.1) is 0 Å². The summed E-state index contributed by atoms with van der Waals surface area (Å²) in [5, 5.41) is 3.56. The maximum Gasteiger partial charge on any atom is 0.176 e. The van der Waals surface area contributed by atoms with E-state index in [1.807, 2.05) is 0 Å². The normalized spacial score (nSPS) is 11.2. The summed E-state index contributed by atoms with van der Waals surface area (Å²) >= 11 is 5.35. The van der Waals surface area contributed by atoms with Crippen LogP contribution in [0.3, 0.4) is 0 Å². The van der Waals surface area contributed by atoms with Gasteiger partial charge in [0.25, 0.3) is 0 Å². The molecule has 0 unspecified atom stereocenters. The zero-order valence-electron chi connectivity index (χ0n) is 8.08. The number of benzene rings is 1. The van der Waals surface area contributed by atoms with Crippen molar-refractivity contribution < 1.29 is 8.78 Å². The highest BCUT2D eigenvalue weighted by atomic mass is 79.9. The summed E-state index contributed by atoms with van der Waals surface area (Å²) < 4.78 is 35.7. The molecule has 0 radical (unpaired) electrons. The number of thiophene rings is 1. The fraction of sp³-hybridized carbons (Fsp3) is 0. The summed E-state index contributed by atoms with van der Waals surface area (Å²) in [6.45, 7) is 0. The molecule has 0 aliphatic rings. The van der Waals surface area contributed by atoms with Crippen molar-refractivity contribution in [3.05, 3.63) is 32.9 Å². The van der Waals surface area contributed by atoms with Gasteiger partial charge in [-0.25, -0.2) is 8.78 Å². The molecule has 3 aromatic rings. The summed E-state index contributed by atoms with van der Waals surface area (Å²) in [5.74, 6) is -1.82. The molecule has 86 valence electrons. The van der Waals surface area contributed by atoms with Crippen LogP contribution in [-0.2, 0) is 0 Å². The average molecular weight is 333 g/mol. The van der Waals surface area contributed by atoms with Crippen molar-refractivity contribution in [2.45, 2.75) is 0 Å². The Kier molecular flexibility index (Phi) is 2.68. The maximum absolute atomic E-state index is 14.0. The Bertz CT molecular complexity index is 694. The molecule has 0 atom stereocenters. The van der Waals surface area contributed by atoms with Crippen LogP contribution in [-0.4, -0.2) is 8.75 Å². The molecule has 3 rings (SSSR count). The van der Waals surface area contributed by atoms with Crippen LogP contribution in [0, 0.1) is 11.6 Å². The molecule has 2 heterocycles. The molecule has 1 aromatic carbocycles. The molecule has 0 amide bonds. The number of halogens is 3. The lowest BCUT2D eigenvalue weighted by atomic mass is 10.1. The van der Waals surface area contributed by atoms with Gasteiger partial charge in [0.15, 0.2) is 11.6 Å². The summed E-state index contributed by atoms with van der Waals surface area (Å²) in [6.07, 6.45) is 0. The number of hydrogen-bond donors (Lipinski definition) is 0. The second-order valence-corrected chi connectivity index (χ2v) is 5.39. The van der Waals surface area contributed by atoms with E-state index in [0.717, 1.165) is 11.7 Å². The summed E-state index contributed by atoms with van der Waals surface area (Å²) in [4.78, 5) is 0. The quantitative estimate of drug-likeness (QED) is 0.615. The molecule has 0 bridgehead atoms. The van der Waals surface area contributed by atoms with Crippen molar-refractivity contribution in [3.63, 3.8) is 0 Å². The van der Waals surface area contributed by atoms with Crippen molar-refractivity contribution in [3.8, 4) is 11.1 Å². The van der Waals surface area contributed by atoms with Crippen LogP contribution in [0.25, 0.3) is 22.2 Å². The predicted octanol–water partition coefficient (Wildman–Crippen LogP) is 4.46. The van der Waals surface area contributed by atoms with Gasteiger partial charge in [0.2, 0.25) is 0 Å². The largest absolute Gasteiger partial charge is 0.203 e. The Morgan fingerprint density at radius 2 is 1.88 bits per heavy atom. The molecule has 0 saturated heterocycles. The number of aromatic nitrogens is 2. The van der Waals surface area contributed by atoms with E-state index >= 15 is 0 Å². The van der Waals surface area contributed by atoms with E-state index in [0.29, 0.717) is 16.6 Å². The van der Waals surface area contributed by atoms with E-state index in [2.05, 4.69) is 24.7 Å². The van der Waals surface area contributed by atoms with Gasteiger partial charge >= 0.3 is 0 Å². The highest BCUT2D eigenvalue weighted by Gasteiger charge is 2.22. The minimum absolute atomic E-state index is 0.0257. The lowest BCUT2D eigenvalue weighted by Gasteiger charge is -2.04. The third-order valence-corrected chi connectivity index (χ3v) is 4.28. The van der Waals surface area contributed by atoms with Crippen molar-refractivity contribution in [1.29, 1.82) is 0 Å². The second-order valence-electron chi connectivity index (χ2n) is 3.29. The van der Waals surface area contributed by atoms with Crippen molar-refractivity contribution >= 4 is 50.0 Å². The van der Waals surface area contributed by atoms with Gasteiger partial charge in [-0.3, -0.25) is 0 Å². The third-order valence-electron chi connectivity index (χ3n) is 2.35. The lowest BCUT2D eigenvalue weighted by molar-refractivity contribution is 0.509. The Morgan fingerprint density at radius 3 is 2.59 bits per heavy atom. The predicted molar refractivity (Wildman–Crippen MR) is 68.3 cm³/mol. The van der Waals surface area contributed by atoms with Gasteiger partial charge in [-0.05, 0) is 38.3 Å². The van der Waals surface area contributed by atoms with Crippen LogP contribution in [0.4, 0.5) is 8.78 Å². The number of rotatable bonds is 1. The highest BCUT2D eigenvalue weighted by molar-refractivity contribution is 9.10. The first-order chi connectivity index (χ1) is 8.20. The molecule has 0 aliphatic heterocycles. The van der Waals surface area contributed by atoms with Crippen molar-refractivity contribution in [2.75, 3.05) is 0 Å². The lowest BCUT2D eigenvalue weighted by Crippen LogP contribution is -1.93. The molecule has 2 nitrogen and oxygen atoms in total. The van der Waals surface area contributed by atoms with Gasteiger partial charge in [0, 0.05) is 0 Å². The fourth-order valence-corrected chi connectivity index (χ4v) is 3.36. The molecule has 0 N–H and O–H groups in total. The van der Waals surface area contributed by atoms with E-state index in [1.54, 1.807) is 16.8 Å². The van der Waals surface area contributed by atoms with Crippen molar-refractivity contribution in [1.82, 2.24) is 8.75 Å². The number of fused-ring (bicyclic) bond motifs is 1. The van der Waals surface area contributed by atoms with Crippen LogP contribution in [0.1, 0.15) is 0 Å². The van der Waals surface area contributed by atoms with E-state index in [9.17, 15) is 8.78 Å². The van der Waals surface area contributed by atoms with Gasteiger partial charge in [-0.2, -0.15) is 20.1 Å². The standard InChI is InChI=1S/C10H3BrF2N2S2/c11-6-8(13)7(12)5(4-1-2-16-3-4)9-10(6)15-17-14-9/h1-3H. The van der Waals surface area contributed by atoms with E-state index in [-0.39, 0.29) is 10.0 Å². The van der Waals surface area contributed by atoms with Crippen LogP contribution in [0.5, 0.6) is 0 Å². The average Bonchev–Trinajstić information content (AvgIpc) is 2.97. The molecule has 17 heavy (non-hydrogen) atoms. The van der Waals surface area contributed by atoms with Crippen LogP contribution >= 0.6 is 39.0 Å². The van der Waals surface area contributed by atoms with Crippen LogP contribution in [0.15, 0.2) is 21.3 Å². The molecule has 0 aliphatic carbocycles. The molecular formula is C10H3BrF2N2S2. The first-order valence-corrected chi connectivity index (χ1v) is 6.98. The maximum atomic E-state index is 14.0. The van der Waals surface area contributed by atoms with Gasteiger partial charge in [0.05, 0.1) is 21.8 Å². The Labute approximate surface area is 111 Å². The van der Waals surface area contributed by atoms with Crippen LogP contribution < -0.4 is 0 Å². The van der Waals surface area contributed by atoms with Gasteiger partial charge in [0.1, 0.15) is 11.0 Å². The van der Waals surface area contributed by atoms with Crippen LogP contribution in [0.2, 0.25) is 0 Å². The zero-order valence-corrected chi connectivity index (χ0v) is 11.3. The molecule has 7 heteroatoms. The topological polar surface area (TPSA) is 25.8 Å². The first kappa shape index (κ1) is 11.2. The Morgan fingerprint density at radius 1 is 1.12 bits per heavy atom. The molecular weight excluding hydrogens is 330 g/mol. The van der Waals surface area contributed by atoms with E-state index in [4.69, 9.17) is 0 Å². The van der Waals surface area contributed by atoms with Gasteiger partial charge in [-0.1, -0.05) is 0 Å². The smallest absolute Gasteiger partial charge is 0.176 e. The fourth-order valence-electron chi connectivity index (χ4n) is 1.58. The minimum Gasteiger partial charge on any atom is -0.203 e. The van der Waals surface area contributed by atoms with Gasteiger partial charge < -0.3 is 0 Å². The third kappa shape index (κ3) is 1.61. The SMILES string of the molecule is Fc1c(F)c(-c2ccsc2)c2nsnc2c1Br. The zero-order chi connectivity index (χ0) is 12.0. The first-order valence-electron chi connectivity index (χ1n) is 4.51. The van der Waals surface area contributed by atoms with E-state index in [1.165, 1.54) is 11.3 Å². The number of hydrogen-bond acceptors (Lipinski definition) is 4. The van der Waals surface area contributed by atoms with E-state index < -0.39 is 11.6 Å². The second kappa shape index (κ2) is 4.08. The molecule has 0 fully saturated rings. The Hall–Kier alpha value is -0.920. The monoisotopic (exact) mass is 332 g/mol. The highest BCUT2D eigenvalue weighted by Crippen LogP contribution is 2.37. The minimum atomic E-state index is -0.925. The Balaban J connectivity index is 2.49. The number of nitrogens with zero attached hydrogens (tertiary/aromatic N) is 2. The molecule has 0 spiro atoms. The summed E-state index contributed by atoms with van der Waals surface area (Å²) in [6, 6.07) is 1.73. The van der Waals surface area contributed by atoms with Crippen molar-refractivity contribution in [2.24, 2.45) is 0 Å². The molecule has 0 saturated carbocycles. The molecule has 2 aromatic heterocycles. The summed E-state index contributed by atoms with van der Waals surface area (Å²) in [7, 11) is 0.